The number of amides is 1. The Morgan fingerprint density at radius 2 is 1.56 bits per heavy atom. The summed E-state index contributed by atoms with van der Waals surface area (Å²) >= 11 is 0. The standard InChI is InChI=1S/C32H37N3O4/c1-21-28(18-22(30(36)39-32(2,3)4)19-29(21)35-16-14-33-15-17-35)34(5)31(37)38-20-27-25-12-8-6-10-23(25)24-11-7-9-13-26(24)27/h6-13,18-19,27,33H,14-17,20H2,1-5H3. The van der Waals surface area contributed by atoms with Gasteiger partial charge in [0, 0.05) is 44.8 Å². The van der Waals surface area contributed by atoms with Crippen LogP contribution >= 0.6 is 0 Å². The number of piperazine rings is 1. The second-order valence-corrected chi connectivity index (χ2v) is 11.2. The monoisotopic (exact) mass is 527 g/mol. The highest BCUT2D eigenvalue weighted by Crippen LogP contribution is 2.44. The minimum Gasteiger partial charge on any atom is -0.456 e. The highest BCUT2D eigenvalue weighted by Gasteiger charge is 2.30. The molecule has 1 saturated heterocycles. The van der Waals surface area contributed by atoms with Crippen molar-refractivity contribution in [3.63, 3.8) is 0 Å². The lowest BCUT2D eigenvalue weighted by molar-refractivity contribution is 0.00694. The number of esters is 1. The SMILES string of the molecule is Cc1c(N2CCNCC2)cc(C(=O)OC(C)(C)C)cc1N(C)C(=O)OCC1c2ccccc2-c2ccccc21. The Labute approximate surface area is 230 Å². The first-order valence-electron chi connectivity index (χ1n) is 13.6. The van der Waals surface area contributed by atoms with Crippen molar-refractivity contribution in [2.75, 3.05) is 49.6 Å². The molecule has 1 fully saturated rings. The van der Waals surface area contributed by atoms with Crippen molar-refractivity contribution in [1.82, 2.24) is 5.32 Å². The van der Waals surface area contributed by atoms with Crippen LogP contribution in [0.15, 0.2) is 60.7 Å². The average molecular weight is 528 g/mol. The zero-order valence-corrected chi connectivity index (χ0v) is 23.4. The first-order valence-corrected chi connectivity index (χ1v) is 13.6. The summed E-state index contributed by atoms with van der Waals surface area (Å²) < 4.78 is 11.6. The molecule has 204 valence electrons. The largest absolute Gasteiger partial charge is 0.456 e. The molecule has 0 saturated carbocycles. The van der Waals surface area contributed by atoms with E-state index in [9.17, 15) is 9.59 Å². The molecule has 7 nitrogen and oxygen atoms in total. The van der Waals surface area contributed by atoms with Crippen molar-refractivity contribution in [1.29, 1.82) is 0 Å². The fourth-order valence-corrected chi connectivity index (χ4v) is 5.51. The third-order valence-corrected chi connectivity index (χ3v) is 7.42. The molecule has 0 bridgehead atoms. The quantitative estimate of drug-likeness (QED) is 0.427. The molecule has 1 heterocycles. The number of hydrogen-bond acceptors (Lipinski definition) is 6. The summed E-state index contributed by atoms with van der Waals surface area (Å²) in [5, 5.41) is 3.37. The predicted octanol–water partition coefficient (Wildman–Crippen LogP) is 5.75. The van der Waals surface area contributed by atoms with E-state index in [0.29, 0.717) is 11.3 Å². The van der Waals surface area contributed by atoms with E-state index < -0.39 is 17.7 Å². The summed E-state index contributed by atoms with van der Waals surface area (Å²) in [4.78, 5) is 30.3. The van der Waals surface area contributed by atoms with Crippen molar-refractivity contribution >= 4 is 23.4 Å². The van der Waals surface area contributed by atoms with Crippen molar-refractivity contribution < 1.29 is 19.1 Å². The fourth-order valence-electron chi connectivity index (χ4n) is 5.51. The lowest BCUT2D eigenvalue weighted by Gasteiger charge is -2.33. The summed E-state index contributed by atoms with van der Waals surface area (Å²) in [7, 11) is 1.70. The number of nitrogens with one attached hydrogen (secondary N) is 1. The van der Waals surface area contributed by atoms with Crippen molar-refractivity contribution in [2.24, 2.45) is 0 Å². The van der Waals surface area contributed by atoms with Gasteiger partial charge in [-0.15, -0.1) is 0 Å². The Morgan fingerprint density at radius 1 is 0.974 bits per heavy atom. The molecule has 0 spiro atoms. The molecule has 1 aliphatic carbocycles. The van der Waals surface area contributed by atoms with Gasteiger partial charge in [-0.1, -0.05) is 48.5 Å². The van der Waals surface area contributed by atoms with Gasteiger partial charge in [0.15, 0.2) is 0 Å². The van der Waals surface area contributed by atoms with E-state index in [4.69, 9.17) is 9.47 Å². The molecule has 0 aromatic heterocycles. The predicted molar refractivity (Wildman–Crippen MR) is 155 cm³/mol. The van der Waals surface area contributed by atoms with Crippen LogP contribution in [0, 0.1) is 6.92 Å². The van der Waals surface area contributed by atoms with Crippen LogP contribution in [-0.4, -0.2) is 57.5 Å². The van der Waals surface area contributed by atoms with Crippen molar-refractivity contribution in [3.8, 4) is 11.1 Å². The number of ether oxygens (including phenoxy) is 2. The zero-order chi connectivity index (χ0) is 27.7. The number of anilines is 2. The maximum absolute atomic E-state index is 13.4. The lowest BCUT2D eigenvalue weighted by Crippen LogP contribution is -2.44. The summed E-state index contributed by atoms with van der Waals surface area (Å²) in [6.45, 7) is 11.1. The van der Waals surface area contributed by atoms with Crippen LogP contribution in [0.5, 0.6) is 0 Å². The Balaban J connectivity index is 1.41. The van der Waals surface area contributed by atoms with Crippen molar-refractivity contribution in [3.05, 3.63) is 82.9 Å². The number of benzene rings is 3. The normalized spacial score (nSPS) is 14.9. The first kappa shape index (κ1) is 26.8. The summed E-state index contributed by atoms with van der Waals surface area (Å²) in [6, 6.07) is 20.2. The third kappa shape index (κ3) is 5.50. The topological polar surface area (TPSA) is 71.1 Å². The minimum absolute atomic E-state index is 0.0274. The van der Waals surface area contributed by atoms with Gasteiger partial charge in [-0.2, -0.15) is 0 Å². The van der Waals surface area contributed by atoms with E-state index in [1.165, 1.54) is 27.2 Å². The highest BCUT2D eigenvalue weighted by atomic mass is 16.6. The van der Waals surface area contributed by atoms with E-state index in [2.05, 4.69) is 34.5 Å². The van der Waals surface area contributed by atoms with Gasteiger partial charge in [0.05, 0.1) is 11.3 Å². The smallest absolute Gasteiger partial charge is 0.414 e. The number of carbonyl (C=O) groups excluding carboxylic acids is 2. The van der Waals surface area contributed by atoms with Gasteiger partial charge in [-0.05, 0) is 67.6 Å². The molecule has 3 aromatic carbocycles. The molecule has 0 atom stereocenters. The molecule has 5 rings (SSSR count). The Bertz CT molecular complexity index is 1340. The molecule has 39 heavy (non-hydrogen) atoms. The van der Waals surface area contributed by atoms with Crippen LogP contribution in [0.3, 0.4) is 0 Å². The molecule has 1 N–H and O–H groups in total. The number of rotatable bonds is 5. The Morgan fingerprint density at radius 3 is 2.15 bits per heavy atom. The molecular weight excluding hydrogens is 490 g/mol. The van der Waals surface area contributed by atoms with Gasteiger partial charge >= 0.3 is 12.1 Å². The molecule has 2 aliphatic rings. The number of fused-ring (bicyclic) bond motifs is 3. The molecule has 0 unspecified atom stereocenters. The summed E-state index contributed by atoms with van der Waals surface area (Å²) in [5.41, 5.74) is 6.95. The summed E-state index contributed by atoms with van der Waals surface area (Å²) in [5.74, 6) is -0.443. The second kappa shape index (κ2) is 10.7. The lowest BCUT2D eigenvalue weighted by atomic mass is 9.98. The molecule has 1 amide bonds. The Kier molecular flexibility index (Phi) is 7.36. The maximum atomic E-state index is 13.4. The minimum atomic E-state index is -0.629. The van der Waals surface area contributed by atoms with E-state index in [1.807, 2.05) is 58.0 Å². The van der Waals surface area contributed by atoms with Crippen LogP contribution in [-0.2, 0) is 9.47 Å². The van der Waals surface area contributed by atoms with Gasteiger partial charge in [-0.3, -0.25) is 4.90 Å². The second-order valence-electron chi connectivity index (χ2n) is 11.2. The van der Waals surface area contributed by atoms with Gasteiger partial charge in [0.1, 0.15) is 12.2 Å². The van der Waals surface area contributed by atoms with Gasteiger partial charge < -0.3 is 19.7 Å². The average Bonchev–Trinajstić information content (AvgIpc) is 3.24. The van der Waals surface area contributed by atoms with E-state index in [-0.39, 0.29) is 12.5 Å². The molecule has 3 aromatic rings. The molecule has 1 aliphatic heterocycles. The van der Waals surface area contributed by atoms with Gasteiger partial charge in [0.2, 0.25) is 0 Å². The third-order valence-electron chi connectivity index (χ3n) is 7.42. The van der Waals surface area contributed by atoms with Crippen LogP contribution in [0.2, 0.25) is 0 Å². The fraction of sp³-hybridized carbons (Fsp3) is 0.375. The van der Waals surface area contributed by atoms with Crippen LogP contribution in [0.25, 0.3) is 11.1 Å². The van der Waals surface area contributed by atoms with Crippen molar-refractivity contribution in [2.45, 2.75) is 39.2 Å². The van der Waals surface area contributed by atoms with Gasteiger partial charge in [-0.25, -0.2) is 9.59 Å². The van der Waals surface area contributed by atoms with E-state index >= 15 is 0 Å². The maximum Gasteiger partial charge on any atom is 0.414 e. The molecule has 0 radical (unpaired) electrons. The van der Waals surface area contributed by atoms with E-state index in [1.54, 1.807) is 13.1 Å². The summed E-state index contributed by atoms with van der Waals surface area (Å²) in [6.07, 6.45) is -0.465. The van der Waals surface area contributed by atoms with Crippen LogP contribution in [0.1, 0.15) is 53.7 Å². The molecular formula is C32H37N3O4. The molecule has 7 heteroatoms. The first-order chi connectivity index (χ1) is 18.6. The van der Waals surface area contributed by atoms with E-state index in [0.717, 1.165) is 37.4 Å². The number of nitrogens with zero attached hydrogens (tertiary/aromatic N) is 2. The van der Waals surface area contributed by atoms with Crippen LogP contribution in [0.4, 0.5) is 16.2 Å². The number of carbonyl (C=O) groups is 2. The highest BCUT2D eigenvalue weighted by molar-refractivity contribution is 5.96. The zero-order valence-electron chi connectivity index (χ0n) is 23.4. The van der Waals surface area contributed by atoms with Gasteiger partial charge in [0.25, 0.3) is 0 Å². The number of hydrogen-bond donors (Lipinski definition) is 1. The Hall–Kier alpha value is -3.84. The van der Waals surface area contributed by atoms with Crippen LogP contribution < -0.4 is 15.1 Å².